The maximum Gasteiger partial charge on any atom is 0.0853 e. The molecule has 0 aliphatic carbocycles. The minimum atomic E-state index is 0.650. The Morgan fingerprint density at radius 1 is 0.257 bits per heavy atom. The average Bonchev–Trinajstić information content (AvgIpc) is 2.87. The molecule has 0 radical (unpaired) electrons. The van der Waals surface area contributed by atoms with Crippen molar-refractivity contribution in [3.05, 3.63) is 0 Å². The Bertz CT molecular complexity index is 316. The first-order valence-corrected chi connectivity index (χ1v) is 16.3. The third-order valence-electron chi connectivity index (χ3n) is 7.26. The van der Waals surface area contributed by atoms with Gasteiger partial charge in [-0.25, -0.2) is 9.78 Å². The molecule has 0 amide bonds. The van der Waals surface area contributed by atoms with Crippen LogP contribution in [-0.2, 0) is 14.8 Å². The third kappa shape index (κ3) is 33.9. The Balaban J connectivity index is 3.00. The molecule has 212 valence electrons. The lowest BCUT2D eigenvalue weighted by atomic mass is 10.0. The predicted octanol–water partition coefficient (Wildman–Crippen LogP) is 11.8. The second-order valence-electron chi connectivity index (χ2n) is 10.9. The first-order chi connectivity index (χ1) is 17.4. The zero-order valence-electron chi connectivity index (χ0n) is 24.4. The Morgan fingerprint density at radius 3 is 0.686 bits per heavy atom. The van der Waals surface area contributed by atoms with Crippen molar-refractivity contribution in [3.8, 4) is 0 Å². The van der Waals surface area contributed by atoms with Crippen molar-refractivity contribution in [1.82, 2.24) is 0 Å². The lowest BCUT2D eigenvalue weighted by Gasteiger charge is -2.05. The van der Waals surface area contributed by atoms with E-state index < -0.39 is 0 Å². The molecule has 0 fully saturated rings. The first-order valence-electron chi connectivity index (χ1n) is 16.3. The molecule has 0 N–H and O–H groups in total. The van der Waals surface area contributed by atoms with Gasteiger partial charge in [-0.2, -0.15) is 0 Å². The van der Waals surface area contributed by atoms with Crippen molar-refractivity contribution >= 4 is 0 Å². The summed E-state index contributed by atoms with van der Waals surface area (Å²) in [6.07, 6.45) is 38.5. The molecule has 0 aromatic carbocycles. The van der Waals surface area contributed by atoms with Gasteiger partial charge < -0.3 is 0 Å². The molecule has 0 heterocycles. The summed E-state index contributed by atoms with van der Waals surface area (Å²) in [6, 6.07) is 0. The monoisotopic (exact) mass is 499 g/mol. The zero-order valence-corrected chi connectivity index (χ0v) is 24.4. The summed E-state index contributed by atoms with van der Waals surface area (Å²) in [5.41, 5.74) is 0. The van der Waals surface area contributed by atoms with E-state index in [9.17, 15) is 0 Å². The summed E-state index contributed by atoms with van der Waals surface area (Å²) in [7, 11) is 0. The molecule has 0 atom stereocenters. The van der Waals surface area contributed by atoms with Crippen LogP contribution in [0.15, 0.2) is 0 Å². The highest BCUT2D eigenvalue weighted by Gasteiger charge is 1.97. The molecule has 0 aromatic heterocycles. The molecule has 0 aliphatic rings. The van der Waals surface area contributed by atoms with E-state index in [0.29, 0.717) is 13.2 Å². The number of rotatable bonds is 32. The van der Waals surface area contributed by atoms with Gasteiger partial charge in [0.1, 0.15) is 0 Å². The fraction of sp³-hybridized carbons (Fsp3) is 1.00. The average molecular weight is 499 g/mol. The minimum absolute atomic E-state index is 0.650. The van der Waals surface area contributed by atoms with Gasteiger partial charge in [-0.15, -0.1) is 0 Å². The number of hydrogen-bond donors (Lipinski definition) is 0. The molecule has 0 saturated carbocycles. The van der Waals surface area contributed by atoms with E-state index in [0.717, 1.165) is 12.8 Å². The standard InChI is InChI=1S/C32H66O3/c1-3-5-7-9-11-13-15-17-19-21-23-25-27-29-31-33-35-34-32-30-28-26-24-22-20-18-16-14-12-10-8-6-4-2/h3-32H2,1-2H3. The topological polar surface area (TPSA) is 27.7 Å². The van der Waals surface area contributed by atoms with Gasteiger partial charge in [0.2, 0.25) is 0 Å². The van der Waals surface area contributed by atoms with Crippen LogP contribution in [-0.4, -0.2) is 13.2 Å². The second-order valence-corrected chi connectivity index (χ2v) is 10.9. The van der Waals surface area contributed by atoms with E-state index in [2.05, 4.69) is 13.8 Å². The van der Waals surface area contributed by atoms with E-state index >= 15 is 0 Å². The van der Waals surface area contributed by atoms with Crippen LogP contribution in [0, 0.1) is 0 Å². The SMILES string of the molecule is CCCCCCCCCCCCCCCCOOOCCCCCCCCCCCCCCCC. The third-order valence-corrected chi connectivity index (χ3v) is 7.26. The normalized spacial score (nSPS) is 11.5. The Kier molecular flexibility index (Phi) is 33.8. The van der Waals surface area contributed by atoms with Crippen molar-refractivity contribution < 1.29 is 14.8 Å². The first kappa shape index (κ1) is 34.9. The van der Waals surface area contributed by atoms with Gasteiger partial charge in [0.25, 0.3) is 0 Å². The van der Waals surface area contributed by atoms with E-state index in [4.69, 9.17) is 14.8 Å². The number of unbranched alkanes of at least 4 members (excludes halogenated alkanes) is 26. The summed E-state index contributed by atoms with van der Waals surface area (Å²) in [4.78, 5) is 10.3. The molecular weight excluding hydrogens is 432 g/mol. The van der Waals surface area contributed by atoms with Gasteiger partial charge in [-0.3, -0.25) is 0 Å². The quantitative estimate of drug-likeness (QED) is 0.0524. The molecule has 0 spiro atoms. The largest absolute Gasteiger partial charge is 0.206 e. The van der Waals surface area contributed by atoms with E-state index in [1.54, 1.807) is 0 Å². The van der Waals surface area contributed by atoms with Gasteiger partial charge in [-0.05, 0) is 12.8 Å². The summed E-state index contributed by atoms with van der Waals surface area (Å²) >= 11 is 0. The highest BCUT2D eigenvalue weighted by atomic mass is 17.5. The molecular formula is C32H66O3. The molecule has 0 aliphatic heterocycles. The number of hydrogen-bond acceptors (Lipinski definition) is 3. The smallest absolute Gasteiger partial charge is 0.0853 e. The highest BCUT2D eigenvalue weighted by molar-refractivity contribution is 4.50. The lowest BCUT2D eigenvalue weighted by molar-refractivity contribution is -0.512. The van der Waals surface area contributed by atoms with E-state index in [-0.39, 0.29) is 0 Å². The van der Waals surface area contributed by atoms with Crippen LogP contribution in [0.4, 0.5) is 0 Å². The van der Waals surface area contributed by atoms with Gasteiger partial charge in [0.15, 0.2) is 0 Å². The van der Waals surface area contributed by atoms with Crippen molar-refractivity contribution in [2.75, 3.05) is 13.2 Å². The van der Waals surface area contributed by atoms with Crippen molar-refractivity contribution in [2.24, 2.45) is 0 Å². The molecule has 0 rings (SSSR count). The van der Waals surface area contributed by atoms with Crippen molar-refractivity contribution in [2.45, 2.75) is 194 Å². The summed E-state index contributed by atoms with van der Waals surface area (Å²) < 4.78 is 0. The molecule has 35 heavy (non-hydrogen) atoms. The van der Waals surface area contributed by atoms with E-state index in [1.807, 2.05) is 0 Å². The molecule has 0 aromatic rings. The van der Waals surface area contributed by atoms with Crippen LogP contribution < -0.4 is 0 Å². The second kappa shape index (κ2) is 33.9. The van der Waals surface area contributed by atoms with Crippen LogP contribution in [0.2, 0.25) is 0 Å². The van der Waals surface area contributed by atoms with Gasteiger partial charge in [0, 0.05) is 0 Å². The molecule has 3 heteroatoms. The van der Waals surface area contributed by atoms with Crippen LogP contribution >= 0.6 is 0 Å². The van der Waals surface area contributed by atoms with E-state index in [1.165, 1.54) is 167 Å². The van der Waals surface area contributed by atoms with Crippen molar-refractivity contribution in [3.63, 3.8) is 0 Å². The Hall–Kier alpha value is -0.120. The molecule has 0 saturated heterocycles. The fourth-order valence-corrected chi connectivity index (χ4v) is 4.81. The summed E-state index contributed by atoms with van der Waals surface area (Å²) in [6.45, 7) is 5.88. The Labute approximate surface area is 221 Å². The summed E-state index contributed by atoms with van der Waals surface area (Å²) in [5.74, 6) is 0. The molecule has 3 nitrogen and oxygen atoms in total. The van der Waals surface area contributed by atoms with Gasteiger partial charge in [-0.1, -0.05) is 186 Å². The van der Waals surface area contributed by atoms with Crippen LogP contribution in [0.5, 0.6) is 0 Å². The predicted molar refractivity (Wildman–Crippen MR) is 154 cm³/mol. The Morgan fingerprint density at radius 2 is 0.457 bits per heavy atom. The lowest BCUT2D eigenvalue weighted by Crippen LogP contribution is -2.00. The van der Waals surface area contributed by atoms with Crippen LogP contribution in [0.25, 0.3) is 0 Å². The maximum absolute atomic E-state index is 5.14. The molecule has 0 bridgehead atoms. The molecule has 0 unspecified atom stereocenters. The van der Waals surface area contributed by atoms with Crippen molar-refractivity contribution in [1.29, 1.82) is 0 Å². The van der Waals surface area contributed by atoms with Crippen LogP contribution in [0.3, 0.4) is 0 Å². The fourth-order valence-electron chi connectivity index (χ4n) is 4.81. The highest BCUT2D eigenvalue weighted by Crippen LogP contribution is 2.14. The van der Waals surface area contributed by atoms with Gasteiger partial charge >= 0.3 is 0 Å². The summed E-state index contributed by atoms with van der Waals surface area (Å²) in [5, 5.41) is 4.86. The van der Waals surface area contributed by atoms with Gasteiger partial charge in [0.05, 0.1) is 13.2 Å². The van der Waals surface area contributed by atoms with Crippen LogP contribution in [0.1, 0.15) is 194 Å². The minimum Gasteiger partial charge on any atom is -0.206 e. The maximum atomic E-state index is 5.14. The zero-order chi connectivity index (χ0) is 25.3.